The molecule has 17 heavy (non-hydrogen) atoms. The number of fused-ring (bicyclic) bond motifs is 1. The molecule has 0 bridgehead atoms. The number of hydrogen-bond acceptors (Lipinski definition) is 3. The highest BCUT2D eigenvalue weighted by Crippen LogP contribution is 2.26. The molecule has 3 N–H and O–H groups in total. The normalized spacial score (nSPS) is 17.2. The summed E-state index contributed by atoms with van der Waals surface area (Å²) in [6, 6.07) is 5.67. The Morgan fingerprint density at radius 3 is 2.94 bits per heavy atom. The average Bonchev–Trinajstić information content (AvgIpc) is 2.46. The molecule has 1 aliphatic heterocycles. The summed E-state index contributed by atoms with van der Waals surface area (Å²) in [5.74, 6) is 5.82. The van der Waals surface area contributed by atoms with Crippen LogP contribution in [0.1, 0.15) is 18.9 Å². The number of hydrazone groups is 2. The highest BCUT2D eigenvalue weighted by molar-refractivity contribution is 6.31. The molecular weight excluding hydrogens is 238 g/mol. The van der Waals surface area contributed by atoms with Gasteiger partial charge in [0.1, 0.15) is 0 Å². The molecule has 2 rings (SSSR count). The van der Waals surface area contributed by atoms with Crippen LogP contribution in [0.2, 0.25) is 5.02 Å². The lowest BCUT2D eigenvalue weighted by Gasteiger charge is -2.19. The number of benzene rings is 1. The molecule has 6 heteroatoms. The van der Waals surface area contributed by atoms with Crippen LogP contribution in [0.4, 0.5) is 5.69 Å². The van der Waals surface area contributed by atoms with E-state index in [1.165, 1.54) is 0 Å². The zero-order valence-corrected chi connectivity index (χ0v) is 10.5. The molecule has 0 unspecified atom stereocenters. The first-order chi connectivity index (χ1) is 8.17. The summed E-state index contributed by atoms with van der Waals surface area (Å²) in [6.45, 7) is 2.04. The average molecular weight is 252 g/mol. The zero-order valence-electron chi connectivity index (χ0n) is 9.74. The highest BCUT2D eigenvalue weighted by atomic mass is 35.5. The molecule has 0 saturated carbocycles. The van der Waals surface area contributed by atoms with Crippen LogP contribution in [0.5, 0.6) is 0 Å². The number of guanidine groups is 1. The number of nitrogens with zero attached hydrogens (tertiary/aromatic N) is 3. The van der Waals surface area contributed by atoms with Crippen molar-refractivity contribution in [2.45, 2.75) is 13.3 Å². The molecule has 1 heterocycles. The minimum Gasteiger partial charge on any atom is -0.320 e. The van der Waals surface area contributed by atoms with Crippen molar-refractivity contribution >= 4 is 29.0 Å². The summed E-state index contributed by atoms with van der Waals surface area (Å²) in [5.41, 5.74) is 5.74. The summed E-state index contributed by atoms with van der Waals surface area (Å²) in [7, 11) is 1.87. The molecule has 0 fully saturated rings. The van der Waals surface area contributed by atoms with Gasteiger partial charge in [0, 0.05) is 17.6 Å². The molecular formula is C11H14ClN5. The molecule has 5 nitrogen and oxygen atoms in total. The molecule has 0 saturated heterocycles. The predicted octanol–water partition coefficient (Wildman–Crippen LogP) is 1.72. The molecule has 1 aliphatic rings. The maximum absolute atomic E-state index is 6.02. The number of hydrogen-bond donors (Lipinski definition) is 2. The van der Waals surface area contributed by atoms with Crippen molar-refractivity contribution in [2.24, 2.45) is 16.0 Å². The fourth-order valence-electron chi connectivity index (χ4n) is 1.78. The molecule has 0 atom stereocenters. The molecule has 0 spiro atoms. The Morgan fingerprint density at radius 1 is 1.53 bits per heavy atom. The molecule has 90 valence electrons. The topological polar surface area (TPSA) is 66.0 Å². The number of nitrogens with two attached hydrogens (primary N) is 1. The van der Waals surface area contributed by atoms with E-state index < -0.39 is 0 Å². The second-order valence-corrected chi connectivity index (χ2v) is 4.13. The monoisotopic (exact) mass is 251 g/mol. The van der Waals surface area contributed by atoms with Crippen LogP contribution in [0.3, 0.4) is 0 Å². The summed E-state index contributed by atoms with van der Waals surface area (Å²) in [5, 5.41) is 8.64. The summed E-state index contributed by atoms with van der Waals surface area (Å²) < 4.78 is 0. The third kappa shape index (κ3) is 2.06. The summed E-state index contributed by atoms with van der Waals surface area (Å²) in [4.78, 5) is 1.85. The minimum absolute atomic E-state index is 0.497. The smallest absolute Gasteiger partial charge is 0.240 e. The van der Waals surface area contributed by atoms with Crippen LogP contribution in [0.25, 0.3) is 0 Å². The van der Waals surface area contributed by atoms with Gasteiger partial charge in [-0.2, -0.15) is 5.10 Å². The van der Waals surface area contributed by atoms with E-state index in [4.69, 9.17) is 17.4 Å². The van der Waals surface area contributed by atoms with Gasteiger partial charge >= 0.3 is 0 Å². The van der Waals surface area contributed by atoms with E-state index in [0.717, 1.165) is 23.4 Å². The second kappa shape index (κ2) is 4.63. The van der Waals surface area contributed by atoms with Gasteiger partial charge in [-0.25, -0.2) is 5.43 Å². The Hall–Kier alpha value is -1.75. The Morgan fingerprint density at radius 2 is 2.29 bits per heavy atom. The van der Waals surface area contributed by atoms with E-state index in [0.29, 0.717) is 11.0 Å². The minimum atomic E-state index is 0.497. The van der Waals surface area contributed by atoms with Gasteiger partial charge in [0.2, 0.25) is 5.96 Å². The number of rotatable bonds is 1. The Bertz CT molecular complexity index is 495. The third-order valence-corrected chi connectivity index (χ3v) is 2.93. The SMILES string of the molecule is CCC1=NN/C(=N\N)N(C)c2ccc(Cl)cc21. The van der Waals surface area contributed by atoms with Crippen molar-refractivity contribution in [3.05, 3.63) is 28.8 Å². The second-order valence-electron chi connectivity index (χ2n) is 3.70. The van der Waals surface area contributed by atoms with E-state index in [1.807, 2.05) is 37.1 Å². The highest BCUT2D eigenvalue weighted by Gasteiger charge is 2.19. The summed E-state index contributed by atoms with van der Waals surface area (Å²) >= 11 is 6.02. The van der Waals surface area contributed by atoms with E-state index in [1.54, 1.807) is 0 Å². The standard InChI is InChI=1S/C11H14ClN5/c1-3-9-8-6-7(12)4-5-10(8)17(2)11(14-13)16-15-9/h4-6H,3,13H2,1-2H3,(H,14,16). The first-order valence-corrected chi connectivity index (χ1v) is 5.69. The first-order valence-electron chi connectivity index (χ1n) is 5.31. The number of halogens is 1. The van der Waals surface area contributed by atoms with Crippen molar-refractivity contribution in [2.75, 3.05) is 11.9 Å². The van der Waals surface area contributed by atoms with Crippen LogP contribution in [0.15, 0.2) is 28.4 Å². The molecule has 0 radical (unpaired) electrons. The predicted molar refractivity (Wildman–Crippen MR) is 71.4 cm³/mol. The van der Waals surface area contributed by atoms with E-state index in [2.05, 4.69) is 15.6 Å². The van der Waals surface area contributed by atoms with Gasteiger partial charge < -0.3 is 10.7 Å². The van der Waals surface area contributed by atoms with Crippen LogP contribution in [0, 0.1) is 0 Å². The fourth-order valence-corrected chi connectivity index (χ4v) is 1.96. The van der Waals surface area contributed by atoms with Crippen molar-refractivity contribution in [1.29, 1.82) is 0 Å². The van der Waals surface area contributed by atoms with Crippen LogP contribution < -0.4 is 16.2 Å². The molecule has 1 aromatic carbocycles. The first kappa shape index (κ1) is 11.7. The quantitative estimate of drug-likeness (QED) is 0.590. The molecule has 1 aromatic rings. The van der Waals surface area contributed by atoms with Crippen LogP contribution in [-0.2, 0) is 0 Å². The Labute approximate surface area is 105 Å². The van der Waals surface area contributed by atoms with Gasteiger partial charge in [-0.05, 0) is 24.6 Å². The van der Waals surface area contributed by atoms with Gasteiger partial charge in [-0.1, -0.05) is 18.5 Å². The van der Waals surface area contributed by atoms with Crippen molar-refractivity contribution in [3.63, 3.8) is 0 Å². The van der Waals surface area contributed by atoms with Crippen LogP contribution >= 0.6 is 11.6 Å². The lowest BCUT2D eigenvalue weighted by atomic mass is 10.1. The Kier molecular flexibility index (Phi) is 3.19. The number of anilines is 1. The third-order valence-electron chi connectivity index (χ3n) is 2.70. The van der Waals surface area contributed by atoms with E-state index >= 15 is 0 Å². The Balaban J connectivity index is 2.62. The van der Waals surface area contributed by atoms with Gasteiger partial charge in [-0.3, -0.25) is 0 Å². The van der Waals surface area contributed by atoms with Gasteiger partial charge in [0.05, 0.1) is 11.4 Å². The zero-order chi connectivity index (χ0) is 12.4. The maximum Gasteiger partial charge on any atom is 0.240 e. The lowest BCUT2D eigenvalue weighted by Crippen LogP contribution is -2.36. The summed E-state index contributed by atoms with van der Waals surface area (Å²) in [6.07, 6.45) is 0.798. The molecule has 0 aliphatic carbocycles. The van der Waals surface area contributed by atoms with Gasteiger partial charge in [-0.15, -0.1) is 5.10 Å². The number of nitrogens with one attached hydrogen (secondary N) is 1. The maximum atomic E-state index is 6.02. The van der Waals surface area contributed by atoms with Crippen molar-refractivity contribution in [1.82, 2.24) is 5.43 Å². The van der Waals surface area contributed by atoms with Crippen molar-refractivity contribution in [3.8, 4) is 0 Å². The van der Waals surface area contributed by atoms with Crippen molar-refractivity contribution < 1.29 is 0 Å². The van der Waals surface area contributed by atoms with Crippen LogP contribution in [-0.4, -0.2) is 18.7 Å². The van der Waals surface area contributed by atoms with Gasteiger partial charge in [0.25, 0.3) is 0 Å². The molecule has 0 amide bonds. The lowest BCUT2D eigenvalue weighted by molar-refractivity contribution is 0.961. The van der Waals surface area contributed by atoms with Gasteiger partial charge in [0.15, 0.2) is 0 Å². The van der Waals surface area contributed by atoms with E-state index in [-0.39, 0.29) is 0 Å². The largest absolute Gasteiger partial charge is 0.320 e. The van der Waals surface area contributed by atoms with E-state index in [9.17, 15) is 0 Å². The molecule has 0 aromatic heterocycles. The fraction of sp³-hybridized carbons (Fsp3) is 0.273.